The Bertz CT molecular complexity index is 857. The summed E-state index contributed by atoms with van der Waals surface area (Å²) in [5.74, 6) is -0.140. The Labute approximate surface area is 131 Å². The number of para-hydroxylation sites is 1. The zero-order chi connectivity index (χ0) is 15.8. The number of hydrogen-bond acceptors (Lipinski definition) is 3. The van der Waals surface area contributed by atoms with E-state index in [4.69, 9.17) is 4.74 Å². The minimum Gasteiger partial charge on any atom is -0.488 e. The first kappa shape index (κ1) is 13.9. The minimum absolute atomic E-state index is 0.0330. The van der Waals surface area contributed by atoms with Crippen molar-refractivity contribution in [2.24, 2.45) is 0 Å². The molecule has 0 amide bonds. The highest BCUT2D eigenvalue weighted by Crippen LogP contribution is 2.30. The summed E-state index contributed by atoms with van der Waals surface area (Å²) >= 11 is 0. The second-order valence-electron chi connectivity index (χ2n) is 5.54. The van der Waals surface area contributed by atoms with Crippen molar-refractivity contribution in [3.05, 3.63) is 65.9 Å². The molecule has 2 heterocycles. The van der Waals surface area contributed by atoms with E-state index in [-0.39, 0.29) is 17.0 Å². The predicted molar refractivity (Wildman–Crippen MR) is 84.7 cm³/mol. The maximum atomic E-state index is 14.1. The summed E-state index contributed by atoms with van der Waals surface area (Å²) in [5, 5.41) is 3.33. The average Bonchev–Trinajstić information content (AvgIpc) is 2.99. The van der Waals surface area contributed by atoms with E-state index in [0.717, 1.165) is 29.9 Å². The van der Waals surface area contributed by atoms with Crippen molar-refractivity contribution >= 4 is 16.6 Å². The van der Waals surface area contributed by atoms with Gasteiger partial charge in [0.25, 0.3) is 0 Å². The first-order chi connectivity index (χ1) is 11.2. The molecule has 5 heteroatoms. The van der Waals surface area contributed by atoms with Crippen LogP contribution in [-0.4, -0.2) is 17.6 Å². The SMILES string of the molecule is Fc1ccc(F)c2c(NCC3Cc4ccccc4O3)ccnc12. The summed E-state index contributed by atoms with van der Waals surface area (Å²) in [6, 6.07) is 11.7. The van der Waals surface area contributed by atoms with Crippen molar-refractivity contribution < 1.29 is 13.5 Å². The fourth-order valence-electron chi connectivity index (χ4n) is 2.93. The minimum atomic E-state index is -0.533. The van der Waals surface area contributed by atoms with Crippen LogP contribution in [0.5, 0.6) is 5.75 Å². The molecule has 1 atom stereocenters. The van der Waals surface area contributed by atoms with Crippen molar-refractivity contribution in [1.82, 2.24) is 4.98 Å². The molecule has 1 aliphatic rings. The quantitative estimate of drug-likeness (QED) is 0.796. The zero-order valence-corrected chi connectivity index (χ0v) is 12.2. The van der Waals surface area contributed by atoms with Gasteiger partial charge in [-0.2, -0.15) is 0 Å². The number of hydrogen-bond donors (Lipinski definition) is 1. The van der Waals surface area contributed by atoms with Gasteiger partial charge in [0.15, 0.2) is 0 Å². The van der Waals surface area contributed by atoms with Crippen LogP contribution in [0.25, 0.3) is 10.9 Å². The molecule has 3 nitrogen and oxygen atoms in total. The first-order valence-corrected chi connectivity index (χ1v) is 7.43. The Balaban J connectivity index is 1.57. The highest BCUT2D eigenvalue weighted by atomic mass is 19.1. The van der Waals surface area contributed by atoms with Gasteiger partial charge in [0, 0.05) is 18.3 Å². The third-order valence-corrected chi connectivity index (χ3v) is 4.03. The Kier molecular flexibility index (Phi) is 3.33. The molecule has 116 valence electrons. The Morgan fingerprint density at radius 3 is 2.78 bits per heavy atom. The van der Waals surface area contributed by atoms with Gasteiger partial charge in [-0.05, 0) is 29.8 Å². The summed E-state index contributed by atoms with van der Waals surface area (Å²) in [6.07, 6.45) is 2.23. The van der Waals surface area contributed by atoms with Crippen LogP contribution >= 0.6 is 0 Å². The van der Waals surface area contributed by atoms with E-state index in [2.05, 4.69) is 10.3 Å². The largest absolute Gasteiger partial charge is 0.488 e. The number of nitrogens with one attached hydrogen (secondary N) is 1. The van der Waals surface area contributed by atoms with Crippen LogP contribution in [0.3, 0.4) is 0 Å². The van der Waals surface area contributed by atoms with Gasteiger partial charge in [0.05, 0.1) is 11.9 Å². The monoisotopic (exact) mass is 312 g/mol. The second kappa shape index (κ2) is 5.50. The molecule has 0 fully saturated rings. The van der Waals surface area contributed by atoms with E-state index in [1.165, 1.54) is 6.20 Å². The maximum absolute atomic E-state index is 14.1. The van der Waals surface area contributed by atoms with Gasteiger partial charge in [-0.3, -0.25) is 4.98 Å². The lowest BCUT2D eigenvalue weighted by Gasteiger charge is -2.14. The lowest BCUT2D eigenvalue weighted by atomic mass is 10.1. The molecule has 0 bridgehead atoms. The highest BCUT2D eigenvalue weighted by molar-refractivity contribution is 5.91. The molecule has 0 saturated heterocycles. The van der Waals surface area contributed by atoms with E-state index in [0.29, 0.717) is 12.2 Å². The van der Waals surface area contributed by atoms with E-state index < -0.39 is 11.6 Å². The average molecular weight is 312 g/mol. The smallest absolute Gasteiger partial charge is 0.149 e. The molecule has 23 heavy (non-hydrogen) atoms. The second-order valence-corrected chi connectivity index (χ2v) is 5.54. The molecule has 3 aromatic rings. The molecule has 1 aliphatic heterocycles. The zero-order valence-electron chi connectivity index (χ0n) is 12.2. The summed E-state index contributed by atoms with van der Waals surface area (Å²) in [4.78, 5) is 3.93. The van der Waals surface area contributed by atoms with Crippen molar-refractivity contribution in [2.45, 2.75) is 12.5 Å². The summed E-state index contributed by atoms with van der Waals surface area (Å²) < 4.78 is 33.7. The van der Waals surface area contributed by atoms with Gasteiger partial charge in [-0.25, -0.2) is 8.78 Å². The fourth-order valence-corrected chi connectivity index (χ4v) is 2.93. The van der Waals surface area contributed by atoms with Crippen LogP contribution in [0.2, 0.25) is 0 Å². The fraction of sp³-hybridized carbons (Fsp3) is 0.167. The van der Waals surface area contributed by atoms with Gasteiger partial charge in [0.1, 0.15) is 29.0 Å². The normalized spacial score (nSPS) is 16.2. The van der Waals surface area contributed by atoms with Gasteiger partial charge < -0.3 is 10.1 Å². The number of pyridine rings is 1. The number of anilines is 1. The molecule has 1 unspecified atom stereocenters. The van der Waals surface area contributed by atoms with E-state index >= 15 is 0 Å². The first-order valence-electron chi connectivity index (χ1n) is 7.43. The van der Waals surface area contributed by atoms with Crippen molar-refractivity contribution in [3.63, 3.8) is 0 Å². The molecule has 0 aliphatic carbocycles. The number of halogens is 2. The van der Waals surface area contributed by atoms with Gasteiger partial charge in [-0.1, -0.05) is 18.2 Å². The van der Waals surface area contributed by atoms with Gasteiger partial charge in [-0.15, -0.1) is 0 Å². The number of benzene rings is 2. The lowest BCUT2D eigenvalue weighted by molar-refractivity contribution is 0.246. The van der Waals surface area contributed by atoms with Gasteiger partial charge >= 0.3 is 0 Å². The standard InChI is InChI=1S/C18H14F2N2O/c19-13-5-6-14(20)18-17(13)15(7-8-21-18)22-10-12-9-11-3-1-2-4-16(11)23-12/h1-8,12H,9-10H2,(H,21,22). The molecule has 0 radical (unpaired) electrons. The van der Waals surface area contributed by atoms with Crippen LogP contribution in [0.4, 0.5) is 14.5 Å². The number of aromatic nitrogens is 1. The van der Waals surface area contributed by atoms with Crippen molar-refractivity contribution in [1.29, 1.82) is 0 Å². The third kappa shape index (κ3) is 2.48. The van der Waals surface area contributed by atoms with Crippen LogP contribution in [0, 0.1) is 11.6 Å². The number of nitrogens with zero attached hydrogens (tertiary/aromatic N) is 1. The predicted octanol–water partition coefficient (Wildman–Crippen LogP) is 3.93. The number of rotatable bonds is 3. The van der Waals surface area contributed by atoms with Crippen LogP contribution < -0.4 is 10.1 Å². The van der Waals surface area contributed by atoms with Gasteiger partial charge in [0.2, 0.25) is 0 Å². The highest BCUT2D eigenvalue weighted by Gasteiger charge is 2.22. The number of fused-ring (bicyclic) bond motifs is 2. The Morgan fingerprint density at radius 1 is 1.09 bits per heavy atom. The van der Waals surface area contributed by atoms with Crippen LogP contribution in [-0.2, 0) is 6.42 Å². The van der Waals surface area contributed by atoms with E-state index in [1.54, 1.807) is 6.07 Å². The maximum Gasteiger partial charge on any atom is 0.149 e. The molecule has 1 aromatic heterocycles. The summed E-state index contributed by atoms with van der Waals surface area (Å²) in [5.41, 5.74) is 1.72. The molecular weight excluding hydrogens is 298 g/mol. The molecule has 4 rings (SSSR count). The number of ether oxygens (including phenoxy) is 1. The van der Waals surface area contributed by atoms with E-state index in [9.17, 15) is 8.78 Å². The lowest BCUT2D eigenvalue weighted by Crippen LogP contribution is -2.24. The van der Waals surface area contributed by atoms with Crippen LogP contribution in [0.15, 0.2) is 48.7 Å². The topological polar surface area (TPSA) is 34.1 Å². The van der Waals surface area contributed by atoms with Crippen LogP contribution in [0.1, 0.15) is 5.56 Å². The molecule has 1 N–H and O–H groups in total. The Hall–Kier alpha value is -2.69. The third-order valence-electron chi connectivity index (χ3n) is 4.03. The van der Waals surface area contributed by atoms with Crippen molar-refractivity contribution in [2.75, 3.05) is 11.9 Å². The Morgan fingerprint density at radius 2 is 1.91 bits per heavy atom. The summed E-state index contributed by atoms with van der Waals surface area (Å²) in [6.45, 7) is 0.504. The molecular formula is C18H14F2N2O. The molecule has 2 aromatic carbocycles. The van der Waals surface area contributed by atoms with E-state index in [1.807, 2.05) is 24.3 Å². The van der Waals surface area contributed by atoms with Crippen molar-refractivity contribution in [3.8, 4) is 5.75 Å². The molecule has 0 spiro atoms. The summed E-state index contributed by atoms with van der Waals surface area (Å²) in [7, 11) is 0. The molecule has 0 saturated carbocycles.